The molecule has 12 N–H and O–H groups in total. The number of benzene rings is 2. The van der Waals surface area contributed by atoms with Crippen molar-refractivity contribution in [2.75, 3.05) is 18.6 Å². The number of carboxylic acid groups (broad SMARTS) is 1. The molecule has 0 aliphatic carbocycles. The molecule has 10 atom stereocenters. The van der Waals surface area contributed by atoms with E-state index in [2.05, 4.69) is 42.5 Å². The molecular weight excluding hydrogens is 995 g/mol. The fraction of sp³-hybridized carbons (Fsp3) is 0.618. The zero-order valence-electron chi connectivity index (χ0n) is 46.3. The molecule has 424 valence electrons. The summed E-state index contributed by atoms with van der Waals surface area (Å²) in [5.74, 6) is -7.62. The highest BCUT2D eigenvalue weighted by Gasteiger charge is 2.36. The fourth-order valence-corrected chi connectivity index (χ4v) is 8.58. The lowest BCUT2D eigenvalue weighted by Crippen LogP contribution is -2.62. The largest absolute Gasteiger partial charge is 0.480 e. The first-order valence-electron chi connectivity index (χ1n) is 26.4. The van der Waals surface area contributed by atoms with Crippen LogP contribution >= 0.6 is 11.8 Å². The first-order chi connectivity index (χ1) is 35.8. The van der Waals surface area contributed by atoms with Crippen molar-refractivity contribution in [1.29, 1.82) is 0 Å². The minimum atomic E-state index is -1.63. The molecule has 20 nitrogen and oxygen atoms in total. The van der Waals surface area contributed by atoms with Gasteiger partial charge >= 0.3 is 5.97 Å². The predicted octanol–water partition coefficient (Wildman–Crippen LogP) is 2.35. The standard InChI is InChI=1S/C55H87N9O11S/c1-12-35(10)45(56)53(72)57-38(23-24-76-11)47(66)64-46(34(8)9)54(73)61-40(26-32(4)5)49(68)63-44(30-65)52(71)60-41(28-36-19-15-13-16-20-36)50(69)58-39(25-31(2)3)48(67)59-42(29-37-21-17-14-18-22-37)51(70)62-43(55(74)75)27-33(6)7/h13-22,31-35,38-46,65H,12,23-30,56H2,1-11H3,(H,57,72)(H,58,69)(H,59,67)(H,60,71)(H,61,73)(H,62,70)(H,63,68)(H,64,66)(H,74,75)/t35-,38-,39-,40-,41-,42-,43-,44-,45-,46-/m0/s1. The quantitative estimate of drug-likeness (QED) is 0.0480. The lowest BCUT2D eigenvalue weighted by molar-refractivity contribution is -0.142. The number of amides is 8. The number of nitrogens with two attached hydrogens (primary N) is 1. The molecule has 21 heteroatoms. The van der Waals surface area contributed by atoms with Crippen molar-refractivity contribution in [2.24, 2.45) is 35.3 Å². The predicted molar refractivity (Wildman–Crippen MR) is 294 cm³/mol. The van der Waals surface area contributed by atoms with Gasteiger partial charge in [0, 0.05) is 12.8 Å². The van der Waals surface area contributed by atoms with Crippen LogP contribution in [0.2, 0.25) is 0 Å². The average molecular weight is 1080 g/mol. The fourth-order valence-electron chi connectivity index (χ4n) is 8.11. The number of hydrogen-bond donors (Lipinski definition) is 11. The van der Waals surface area contributed by atoms with E-state index in [9.17, 15) is 53.4 Å². The number of aliphatic hydroxyl groups is 1. The first-order valence-corrected chi connectivity index (χ1v) is 27.8. The van der Waals surface area contributed by atoms with Crippen molar-refractivity contribution < 1.29 is 53.4 Å². The smallest absolute Gasteiger partial charge is 0.326 e. The second kappa shape index (κ2) is 33.9. The highest BCUT2D eigenvalue weighted by molar-refractivity contribution is 7.98. The summed E-state index contributed by atoms with van der Waals surface area (Å²) >= 11 is 1.47. The normalized spacial score (nSPS) is 15.4. The van der Waals surface area contributed by atoms with E-state index in [1.54, 1.807) is 74.5 Å². The Morgan fingerprint density at radius 1 is 0.487 bits per heavy atom. The lowest BCUT2D eigenvalue weighted by Gasteiger charge is -2.29. The molecule has 8 amide bonds. The molecule has 2 aromatic rings. The number of rotatable bonds is 34. The molecule has 2 aromatic carbocycles. The third-order valence-electron chi connectivity index (χ3n) is 12.7. The molecule has 0 saturated heterocycles. The number of nitrogens with one attached hydrogen (secondary N) is 8. The van der Waals surface area contributed by atoms with Gasteiger partial charge < -0.3 is 58.5 Å². The van der Waals surface area contributed by atoms with Crippen LogP contribution in [-0.4, -0.2) is 136 Å². The van der Waals surface area contributed by atoms with Gasteiger partial charge in [-0.1, -0.05) is 136 Å². The summed E-state index contributed by atoms with van der Waals surface area (Å²) in [5.41, 5.74) is 7.46. The van der Waals surface area contributed by atoms with E-state index in [1.165, 1.54) is 11.8 Å². The molecule has 0 aliphatic heterocycles. The molecule has 0 bridgehead atoms. The van der Waals surface area contributed by atoms with Gasteiger partial charge in [-0.05, 0) is 78.4 Å². The topological polar surface area (TPSA) is 316 Å². The number of thioether (sulfide) groups is 1. The Labute approximate surface area is 453 Å². The van der Waals surface area contributed by atoms with Gasteiger partial charge in [-0.2, -0.15) is 11.8 Å². The van der Waals surface area contributed by atoms with Gasteiger partial charge in [0.25, 0.3) is 0 Å². The van der Waals surface area contributed by atoms with Crippen LogP contribution in [0, 0.1) is 29.6 Å². The SMILES string of the molecule is CC[C@H](C)[C@H](N)C(=O)N[C@@H](CCSC)C(=O)N[C@H](C(=O)N[C@@H](CC(C)C)C(=O)N[C@@H](CO)C(=O)N[C@@H](Cc1ccccc1)C(=O)N[C@@H](CC(C)C)C(=O)N[C@@H](Cc1ccccc1)C(=O)N[C@@H](CC(C)C)C(=O)O)C(C)C. The zero-order valence-corrected chi connectivity index (χ0v) is 47.1. The van der Waals surface area contributed by atoms with E-state index in [-0.39, 0.29) is 62.2 Å². The number of hydrogen-bond acceptors (Lipinski definition) is 12. The van der Waals surface area contributed by atoms with Crippen LogP contribution in [0.15, 0.2) is 60.7 Å². The molecular formula is C55H87N9O11S. The number of carbonyl (C=O) groups excluding carboxylic acids is 8. The van der Waals surface area contributed by atoms with Gasteiger partial charge in [0.15, 0.2) is 0 Å². The van der Waals surface area contributed by atoms with Crippen LogP contribution in [-0.2, 0) is 56.0 Å². The molecule has 0 spiro atoms. The molecule has 2 rings (SSSR count). The maximum absolute atomic E-state index is 14.4. The second-order valence-corrected chi connectivity index (χ2v) is 22.1. The minimum Gasteiger partial charge on any atom is -0.480 e. The van der Waals surface area contributed by atoms with Crippen molar-refractivity contribution in [3.8, 4) is 0 Å². The number of aliphatic carboxylic acids is 1. The third kappa shape index (κ3) is 23.5. The van der Waals surface area contributed by atoms with Gasteiger partial charge in [-0.15, -0.1) is 0 Å². The lowest BCUT2D eigenvalue weighted by atomic mass is 9.98. The monoisotopic (exact) mass is 1080 g/mol. The highest BCUT2D eigenvalue weighted by Crippen LogP contribution is 2.14. The summed E-state index contributed by atoms with van der Waals surface area (Å²) < 4.78 is 0. The second-order valence-electron chi connectivity index (χ2n) is 21.1. The molecule has 0 aliphatic rings. The van der Waals surface area contributed by atoms with E-state index in [0.717, 1.165) is 0 Å². The third-order valence-corrected chi connectivity index (χ3v) is 13.3. The molecule has 76 heavy (non-hydrogen) atoms. The highest BCUT2D eigenvalue weighted by atomic mass is 32.2. The summed E-state index contributed by atoms with van der Waals surface area (Å²) in [5, 5.41) is 41.9. The van der Waals surface area contributed by atoms with Crippen molar-refractivity contribution in [3.63, 3.8) is 0 Å². The minimum absolute atomic E-state index is 0.000784. The Kier molecular flexibility index (Phi) is 29.4. The Morgan fingerprint density at radius 2 is 0.842 bits per heavy atom. The van der Waals surface area contributed by atoms with Gasteiger partial charge in [-0.3, -0.25) is 38.4 Å². The van der Waals surface area contributed by atoms with E-state index in [0.29, 0.717) is 23.3 Å². The van der Waals surface area contributed by atoms with E-state index >= 15 is 0 Å². The van der Waals surface area contributed by atoms with Gasteiger partial charge in [0.2, 0.25) is 47.3 Å². The van der Waals surface area contributed by atoms with E-state index in [1.807, 2.05) is 61.6 Å². The van der Waals surface area contributed by atoms with E-state index in [4.69, 9.17) is 5.73 Å². The van der Waals surface area contributed by atoms with Crippen LogP contribution in [0.3, 0.4) is 0 Å². The van der Waals surface area contributed by atoms with Gasteiger partial charge in [-0.25, -0.2) is 4.79 Å². The van der Waals surface area contributed by atoms with E-state index < -0.39 is 120 Å². The molecule has 0 unspecified atom stereocenters. The van der Waals surface area contributed by atoms with Crippen molar-refractivity contribution in [2.45, 2.75) is 169 Å². The molecule has 0 aromatic heterocycles. The van der Waals surface area contributed by atoms with Crippen LogP contribution in [0.4, 0.5) is 0 Å². The van der Waals surface area contributed by atoms with Gasteiger partial charge in [0.05, 0.1) is 12.6 Å². The summed E-state index contributed by atoms with van der Waals surface area (Å²) in [6.45, 7) is 17.1. The average Bonchev–Trinajstić information content (AvgIpc) is 3.36. The summed E-state index contributed by atoms with van der Waals surface area (Å²) in [6.07, 6.45) is 2.99. The Morgan fingerprint density at radius 3 is 1.24 bits per heavy atom. The van der Waals surface area contributed by atoms with Crippen molar-refractivity contribution in [3.05, 3.63) is 71.8 Å². The molecule has 0 saturated carbocycles. The van der Waals surface area contributed by atoms with Crippen LogP contribution in [0.25, 0.3) is 0 Å². The Bertz CT molecular complexity index is 2180. The molecule has 0 radical (unpaired) electrons. The van der Waals surface area contributed by atoms with Gasteiger partial charge in [0.1, 0.15) is 48.3 Å². The zero-order chi connectivity index (χ0) is 57.2. The van der Waals surface area contributed by atoms with Crippen LogP contribution < -0.4 is 48.3 Å². The maximum atomic E-state index is 14.4. The number of carboxylic acids is 1. The summed E-state index contributed by atoms with van der Waals surface area (Å²) in [7, 11) is 0. The Hall–Kier alpha value is -6.06. The summed E-state index contributed by atoms with van der Waals surface area (Å²) in [6, 6.07) is 6.50. The summed E-state index contributed by atoms with van der Waals surface area (Å²) in [4.78, 5) is 124. The maximum Gasteiger partial charge on any atom is 0.326 e. The molecule has 0 fully saturated rings. The van der Waals surface area contributed by atoms with Crippen molar-refractivity contribution >= 4 is 65.0 Å². The number of aliphatic hydroxyl groups excluding tert-OH is 1. The first kappa shape index (κ1) is 66.1. The van der Waals surface area contributed by atoms with Crippen molar-refractivity contribution in [1.82, 2.24) is 42.5 Å². The molecule has 0 heterocycles. The number of carbonyl (C=O) groups is 9. The Balaban J connectivity index is 2.41. The van der Waals surface area contributed by atoms with Crippen LogP contribution in [0.1, 0.15) is 112 Å². The van der Waals surface area contributed by atoms with Crippen LogP contribution in [0.5, 0.6) is 0 Å².